The summed E-state index contributed by atoms with van der Waals surface area (Å²) >= 11 is 0. The molecule has 0 spiro atoms. The minimum Gasteiger partial charge on any atom is -0.372 e. The van der Waals surface area contributed by atoms with Gasteiger partial charge in [-0.2, -0.15) is 0 Å². The van der Waals surface area contributed by atoms with Crippen LogP contribution in [0, 0.1) is 0 Å². The van der Waals surface area contributed by atoms with Crippen LogP contribution in [0.1, 0.15) is 23.1 Å². The predicted molar refractivity (Wildman–Crippen MR) is 99.0 cm³/mol. The van der Waals surface area contributed by atoms with Crippen molar-refractivity contribution in [3.05, 3.63) is 71.3 Å². The molecule has 4 nitrogen and oxygen atoms in total. The van der Waals surface area contributed by atoms with Crippen molar-refractivity contribution in [2.24, 2.45) is 0 Å². The molecule has 0 unspecified atom stereocenters. The molecule has 130 valence electrons. The quantitative estimate of drug-likeness (QED) is 0.732. The van der Waals surface area contributed by atoms with E-state index < -0.39 is 0 Å². The van der Waals surface area contributed by atoms with E-state index in [1.807, 2.05) is 61.6 Å². The number of hydrogen-bond donors (Lipinski definition) is 2. The predicted octanol–water partition coefficient (Wildman–Crippen LogP) is 3.05. The maximum absolute atomic E-state index is 11.7. The molecule has 0 bridgehead atoms. The van der Waals surface area contributed by atoms with Crippen molar-refractivity contribution in [3.8, 4) is 0 Å². The lowest BCUT2D eigenvalue weighted by Gasteiger charge is -2.11. The average Bonchev–Trinajstić information content (AvgIpc) is 2.60. The number of rotatable bonds is 9. The van der Waals surface area contributed by atoms with Gasteiger partial charge in [0.05, 0.1) is 13.2 Å². The summed E-state index contributed by atoms with van der Waals surface area (Å²) in [5, 5.41) is 5.92. The van der Waals surface area contributed by atoms with Gasteiger partial charge in [0.15, 0.2) is 0 Å². The SMILES string of the molecule is CNCCC(=O)NCc1ccccc1COCc1ccccc1.Cl. The van der Waals surface area contributed by atoms with Crippen LogP contribution in [0.3, 0.4) is 0 Å². The third kappa shape index (κ3) is 7.13. The van der Waals surface area contributed by atoms with E-state index in [0.717, 1.165) is 16.7 Å². The maximum Gasteiger partial charge on any atom is 0.221 e. The van der Waals surface area contributed by atoms with Crippen LogP contribution in [-0.2, 0) is 29.3 Å². The van der Waals surface area contributed by atoms with Gasteiger partial charge < -0.3 is 15.4 Å². The standard InChI is InChI=1S/C19H24N2O2.ClH/c1-20-12-11-19(22)21-13-17-9-5-6-10-18(17)15-23-14-16-7-3-2-4-8-16;/h2-10,20H,11-15H2,1H3,(H,21,22);1H. The van der Waals surface area contributed by atoms with Gasteiger partial charge in [0.25, 0.3) is 0 Å². The highest BCUT2D eigenvalue weighted by molar-refractivity contribution is 5.85. The molecule has 2 rings (SSSR count). The number of hydrogen-bond acceptors (Lipinski definition) is 3. The Hall–Kier alpha value is -1.88. The van der Waals surface area contributed by atoms with E-state index in [2.05, 4.69) is 10.6 Å². The average molecular weight is 349 g/mol. The first kappa shape index (κ1) is 20.2. The molecule has 0 saturated carbocycles. The second kappa shape index (κ2) is 11.6. The summed E-state index contributed by atoms with van der Waals surface area (Å²) in [5.74, 6) is 0.0550. The molecule has 24 heavy (non-hydrogen) atoms. The number of halogens is 1. The van der Waals surface area contributed by atoms with Gasteiger partial charge in [0.1, 0.15) is 0 Å². The number of amides is 1. The number of nitrogens with one attached hydrogen (secondary N) is 2. The first-order chi connectivity index (χ1) is 11.3. The first-order valence-electron chi connectivity index (χ1n) is 7.89. The minimum atomic E-state index is 0. The molecule has 0 aliphatic rings. The van der Waals surface area contributed by atoms with Gasteiger partial charge in [-0.15, -0.1) is 12.4 Å². The third-order valence-corrected chi connectivity index (χ3v) is 3.57. The Labute approximate surface area is 150 Å². The van der Waals surface area contributed by atoms with E-state index in [4.69, 9.17) is 4.74 Å². The lowest BCUT2D eigenvalue weighted by atomic mass is 10.1. The lowest BCUT2D eigenvalue weighted by molar-refractivity contribution is -0.121. The van der Waals surface area contributed by atoms with Crippen LogP contribution in [0.15, 0.2) is 54.6 Å². The molecule has 0 saturated heterocycles. The lowest BCUT2D eigenvalue weighted by Crippen LogP contribution is -2.26. The van der Waals surface area contributed by atoms with Crippen LogP contribution >= 0.6 is 12.4 Å². The van der Waals surface area contributed by atoms with Crippen LogP contribution in [0.5, 0.6) is 0 Å². The Morgan fingerprint density at radius 2 is 1.62 bits per heavy atom. The molecule has 0 heterocycles. The Bertz CT molecular complexity index is 605. The molecule has 2 aromatic rings. The van der Waals surface area contributed by atoms with Crippen molar-refractivity contribution >= 4 is 18.3 Å². The molecule has 2 aromatic carbocycles. The zero-order chi connectivity index (χ0) is 16.3. The normalized spacial score (nSPS) is 10.0. The summed E-state index contributed by atoms with van der Waals surface area (Å²) in [4.78, 5) is 11.7. The molecule has 0 aliphatic carbocycles. The Morgan fingerprint density at radius 1 is 0.958 bits per heavy atom. The van der Waals surface area contributed by atoms with Gasteiger partial charge >= 0.3 is 0 Å². The van der Waals surface area contributed by atoms with Crippen molar-refractivity contribution < 1.29 is 9.53 Å². The largest absolute Gasteiger partial charge is 0.372 e. The van der Waals surface area contributed by atoms with E-state index in [9.17, 15) is 4.79 Å². The minimum absolute atomic E-state index is 0. The van der Waals surface area contributed by atoms with Crippen LogP contribution in [-0.4, -0.2) is 19.5 Å². The molecule has 5 heteroatoms. The van der Waals surface area contributed by atoms with Crippen LogP contribution < -0.4 is 10.6 Å². The number of carbonyl (C=O) groups is 1. The second-order valence-corrected chi connectivity index (χ2v) is 5.38. The van der Waals surface area contributed by atoms with Gasteiger partial charge in [-0.3, -0.25) is 4.79 Å². The van der Waals surface area contributed by atoms with Gasteiger partial charge in [0, 0.05) is 19.5 Å². The number of benzene rings is 2. The number of carbonyl (C=O) groups excluding carboxylic acids is 1. The van der Waals surface area contributed by atoms with Crippen molar-refractivity contribution in [3.63, 3.8) is 0 Å². The van der Waals surface area contributed by atoms with Gasteiger partial charge in [-0.05, 0) is 23.7 Å². The smallest absolute Gasteiger partial charge is 0.221 e. The fourth-order valence-electron chi connectivity index (χ4n) is 2.24. The zero-order valence-electron chi connectivity index (χ0n) is 14.0. The topological polar surface area (TPSA) is 50.4 Å². The Morgan fingerprint density at radius 3 is 2.33 bits per heavy atom. The van der Waals surface area contributed by atoms with E-state index >= 15 is 0 Å². The van der Waals surface area contributed by atoms with Gasteiger partial charge in [-0.1, -0.05) is 54.6 Å². The van der Waals surface area contributed by atoms with Crippen LogP contribution in [0.4, 0.5) is 0 Å². The highest BCUT2D eigenvalue weighted by Gasteiger charge is 2.05. The fourth-order valence-corrected chi connectivity index (χ4v) is 2.24. The second-order valence-electron chi connectivity index (χ2n) is 5.38. The summed E-state index contributed by atoms with van der Waals surface area (Å²) in [6, 6.07) is 18.2. The van der Waals surface area contributed by atoms with E-state index in [1.54, 1.807) is 0 Å². The van der Waals surface area contributed by atoms with Gasteiger partial charge in [-0.25, -0.2) is 0 Å². The summed E-state index contributed by atoms with van der Waals surface area (Å²) in [6.07, 6.45) is 0.489. The molecule has 2 N–H and O–H groups in total. The maximum atomic E-state index is 11.7. The summed E-state index contributed by atoms with van der Waals surface area (Å²) in [7, 11) is 1.84. The monoisotopic (exact) mass is 348 g/mol. The molecule has 0 radical (unpaired) electrons. The molecular formula is C19H25ClN2O2. The third-order valence-electron chi connectivity index (χ3n) is 3.57. The van der Waals surface area contributed by atoms with E-state index in [1.165, 1.54) is 0 Å². The fraction of sp³-hybridized carbons (Fsp3) is 0.316. The van der Waals surface area contributed by atoms with Crippen molar-refractivity contribution in [2.75, 3.05) is 13.6 Å². The van der Waals surface area contributed by atoms with Gasteiger partial charge in [0.2, 0.25) is 5.91 Å². The highest BCUT2D eigenvalue weighted by Crippen LogP contribution is 2.11. The summed E-state index contributed by atoms with van der Waals surface area (Å²) in [5.41, 5.74) is 3.36. The molecule has 0 fully saturated rings. The Balaban J connectivity index is 0.00000288. The molecule has 0 atom stereocenters. The summed E-state index contributed by atoms with van der Waals surface area (Å²) < 4.78 is 5.80. The van der Waals surface area contributed by atoms with Crippen molar-refractivity contribution in [1.29, 1.82) is 0 Å². The number of ether oxygens (including phenoxy) is 1. The van der Waals surface area contributed by atoms with Crippen molar-refractivity contribution in [2.45, 2.75) is 26.2 Å². The highest BCUT2D eigenvalue weighted by atomic mass is 35.5. The Kier molecular flexibility index (Phi) is 9.77. The van der Waals surface area contributed by atoms with E-state index in [-0.39, 0.29) is 18.3 Å². The molecule has 1 amide bonds. The molecule has 0 aliphatic heterocycles. The molecular weight excluding hydrogens is 324 g/mol. The van der Waals surface area contributed by atoms with E-state index in [0.29, 0.717) is 32.7 Å². The van der Waals surface area contributed by atoms with Crippen molar-refractivity contribution in [1.82, 2.24) is 10.6 Å². The van der Waals surface area contributed by atoms with Crippen LogP contribution in [0.2, 0.25) is 0 Å². The van der Waals surface area contributed by atoms with Crippen LogP contribution in [0.25, 0.3) is 0 Å². The zero-order valence-corrected chi connectivity index (χ0v) is 14.8. The first-order valence-corrected chi connectivity index (χ1v) is 7.89. The summed E-state index contributed by atoms with van der Waals surface area (Å²) in [6.45, 7) is 2.35. The molecule has 0 aromatic heterocycles.